The minimum Gasteiger partial charge on any atom is -0.445 e. The molecule has 3 aromatic heterocycles. The molecule has 2 N–H and O–H groups in total. The van der Waals surface area contributed by atoms with Crippen molar-refractivity contribution < 1.29 is 13.6 Å². The number of carbonyl (C=O) groups is 1. The zero-order valence-corrected chi connectivity index (χ0v) is 22.5. The van der Waals surface area contributed by atoms with Gasteiger partial charge in [0.2, 0.25) is 17.7 Å². The van der Waals surface area contributed by atoms with Crippen LogP contribution in [0, 0.1) is 6.92 Å². The predicted molar refractivity (Wildman–Crippen MR) is 147 cm³/mol. The maximum Gasteiger partial charge on any atom is 0.254 e. The fraction of sp³-hybridized carbons (Fsp3) is 0.276. The van der Waals surface area contributed by atoms with E-state index in [1.807, 2.05) is 60.5 Å². The van der Waals surface area contributed by atoms with Gasteiger partial charge in [-0.25, -0.2) is 9.97 Å². The third-order valence-corrected chi connectivity index (χ3v) is 7.61. The molecule has 0 bridgehead atoms. The third kappa shape index (κ3) is 5.52. The van der Waals surface area contributed by atoms with Crippen molar-refractivity contribution in [2.45, 2.75) is 51.2 Å². The lowest BCUT2D eigenvalue weighted by Crippen LogP contribution is -2.35. The number of rotatable bonds is 9. The van der Waals surface area contributed by atoms with Gasteiger partial charge >= 0.3 is 0 Å². The molecule has 10 heteroatoms. The summed E-state index contributed by atoms with van der Waals surface area (Å²) in [5, 5.41) is 11.5. The maximum atomic E-state index is 13.9. The Morgan fingerprint density at radius 1 is 1.13 bits per heavy atom. The highest BCUT2D eigenvalue weighted by atomic mass is 32.1. The van der Waals surface area contributed by atoms with Gasteiger partial charge in [-0.05, 0) is 56.9 Å². The van der Waals surface area contributed by atoms with Crippen LogP contribution in [0.25, 0.3) is 22.9 Å². The quantitative estimate of drug-likeness (QED) is 0.264. The van der Waals surface area contributed by atoms with Gasteiger partial charge < -0.3 is 19.5 Å². The topological polar surface area (TPSA) is 124 Å². The van der Waals surface area contributed by atoms with Crippen LogP contribution in [0.5, 0.6) is 0 Å². The molecule has 9 nitrogen and oxygen atoms in total. The second kappa shape index (κ2) is 10.2. The molecular weight excluding hydrogens is 512 g/mol. The Balaban J connectivity index is 1.34. The third-order valence-electron chi connectivity index (χ3n) is 6.65. The fourth-order valence-corrected chi connectivity index (χ4v) is 5.34. The van der Waals surface area contributed by atoms with E-state index in [1.165, 1.54) is 6.26 Å². The minimum atomic E-state index is -0.875. The van der Waals surface area contributed by atoms with Crippen molar-refractivity contribution in [1.82, 2.24) is 25.1 Å². The molecule has 0 saturated heterocycles. The molecule has 0 aliphatic heterocycles. The van der Waals surface area contributed by atoms with Crippen LogP contribution in [0.3, 0.4) is 0 Å². The molecule has 6 rings (SSSR count). The van der Waals surface area contributed by atoms with E-state index >= 15 is 0 Å². The van der Waals surface area contributed by atoms with Crippen LogP contribution in [-0.2, 0) is 18.5 Å². The molecular formula is C29H28N6O3S. The molecule has 1 amide bonds. The predicted octanol–water partition coefficient (Wildman–Crippen LogP) is 5.38. The number of nitrogens with zero attached hydrogens (tertiary/aromatic N) is 5. The van der Waals surface area contributed by atoms with E-state index in [1.54, 1.807) is 29.7 Å². The summed E-state index contributed by atoms with van der Waals surface area (Å²) in [6, 6.07) is 15.5. The van der Waals surface area contributed by atoms with Gasteiger partial charge in [0.1, 0.15) is 11.3 Å². The molecule has 2 aromatic carbocycles. The fourth-order valence-electron chi connectivity index (χ4n) is 4.57. The Morgan fingerprint density at radius 2 is 1.90 bits per heavy atom. The number of amides is 1. The van der Waals surface area contributed by atoms with Gasteiger partial charge in [-0.15, -0.1) is 21.5 Å². The van der Waals surface area contributed by atoms with E-state index in [2.05, 4.69) is 20.2 Å². The first kappa shape index (κ1) is 25.1. The van der Waals surface area contributed by atoms with Crippen LogP contribution >= 0.6 is 11.3 Å². The SMILES string of the molecule is Cc1csc(CN(C(=O)c2cc(-c3ncco3)cc(-c3nnc(C(C)(N)Cc4ccccc4)o3)c2)C2CC2)n1. The summed E-state index contributed by atoms with van der Waals surface area (Å²) >= 11 is 1.57. The summed E-state index contributed by atoms with van der Waals surface area (Å²) in [6.07, 6.45) is 5.55. The number of aryl methyl sites for hydroxylation is 1. The second-order valence-electron chi connectivity index (χ2n) is 10.2. The smallest absolute Gasteiger partial charge is 0.254 e. The molecule has 1 saturated carbocycles. The van der Waals surface area contributed by atoms with Gasteiger partial charge in [0, 0.05) is 33.8 Å². The number of nitrogens with two attached hydrogens (primary N) is 1. The standard InChI is InChI=1S/C29H28N6O3S/c1-18-17-39-24(32-18)16-35(23-8-9-23)27(36)22-13-20(25-31-10-11-37-25)12-21(14-22)26-33-34-28(38-26)29(2,30)15-19-6-4-3-5-7-19/h3-7,10-14,17,23H,8-9,15-16,30H2,1-2H3. The number of benzene rings is 2. The number of hydrogen-bond donors (Lipinski definition) is 1. The molecule has 1 aliphatic rings. The van der Waals surface area contributed by atoms with Crippen molar-refractivity contribution in [2.24, 2.45) is 5.73 Å². The summed E-state index contributed by atoms with van der Waals surface area (Å²) in [5.41, 5.74) is 9.48. The van der Waals surface area contributed by atoms with Crippen molar-refractivity contribution in [3.63, 3.8) is 0 Å². The molecule has 1 unspecified atom stereocenters. The first-order valence-corrected chi connectivity index (χ1v) is 13.7. The number of aromatic nitrogens is 4. The first-order chi connectivity index (χ1) is 18.9. The van der Waals surface area contributed by atoms with Gasteiger partial charge in [0.25, 0.3) is 5.91 Å². The van der Waals surface area contributed by atoms with Crippen LogP contribution in [0.1, 0.15) is 52.3 Å². The lowest BCUT2D eigenvalue weighted by atomic mass is 9.94. The zero-order valence-electron chi connectivity index (χ0n) is 21.7. The molecule has 5 aromatic rings. The highest BCUT2D eigenvalue weighted by Crippen LogP contribution is 2.34. The van der Waals surface area contributed by atoms with Crippen LogP contribution in [0.2, 0.25) is 0 Å². The molecule has 39 heavy (non-hydrogen) atoms. The molecule has 0 spiro atoms. The van der Waals surface area contributed by atoms with E-state index in [-0.39, 0.29) is 17.8 Å². The van der Waals surface area contributed by atoms with Crippen LogP contribution in [-0.4, -0.2) is 37.0 Å². The molecule has 1 aliphatic carbocycles. The summed E-state index contributed by atoms with van der Waals surface area (Å²) in [5.74, 6) is 0.889. The van der Waals surface area contributed by atoms with Gasteiger partial charge in [-0.2, -0.15) is 0 Å². The average Bonchev–Trinajstić information content (AvgIpc) is 3.30. The molecule has 3 heterocycles. The first-order valence-electron chi connectivity index (χ1n) is 12.8. The lowest BCUT2D eigenvalue weighted by Gasteiger charge is -2.22. The molecule has 1 atom stereocenters. The monoisotopic (exact) mass is 540 g/mol. The van der Waals surface area contributed by atoms with Gasteiger partial charge in [0.15, 0.2) is 0 Å². The van der Waals surface area contributed by atoms with E-state index in [0.29, 0.717) is 41.4 Å². The number of thiazole rings is 1. The summed E-state index contributed by atoms with van der Waals surface area (Å²) in [6.45, 7) is 4.29. The molecule has 198 valence electrons. The largest absolute Gasteiger partial charge is 0.445 e. The molecule has 0 radical (unpaired) electrons. The lowest BCUT2D eigenvalue weighted by molar-refractivity contribution is 0.0730. The van der Waals surface area contributed by atoms with E-state index in [0.717, 1.165) is 29.1 Å². The summed E-state index contributed by atoms with van der Waals surface area (Å²) < 4.78 is 11.7. The Bertz CT molecular complexity index is 1590. The Morgan fingerprint density at radius 3 is 2.56 bits per heavy atom. The van der Waals surface area contributed by atoms with E-state index in [4.69, 9.17) is 14.6 Å². The number of oxazole rings is 1. The summed E-state index contributed by atoms with van der Waals surface area (Å²) in [7, 11) is 0. The Kier molecular flexibility index (Phi) is 6.58. The van der Waals surface area contributed by atoms with Gasteiger partial charge in [-0.1, -0.05) is 30.3 Å². The van der Waals surface area contributed by atoms with Crippen molar-refractivity contribution >= 4 is 17.2 Å². The van der Waals surface area contributed by atoms with Crippen LogP contribution < -0.4 is 5.73 Å². The Labute approximate surface area is 229 Å². The van der Waals surface area contributed by atoms with Crippen molar-refractivity contribution in [3.05, 3.63) is 94.1 Å². The maximum absolute atomic E-state index is 13.9. The van der Waals surface area contributed by atoms with Crippen molar-refractivity contribution in [1.29, 1.82) is 0 Å². The van der Waals surface area contributed by atoms with Crippen LogP contribution in [0.4, 0.5) is 0 Å². The molecule has 1 fully saturated rings. The zero-order chi connectivity index (χ0) is 27.0. The van der Waals surface area contributed by atoms with E-state index in [9.17, 15) is 4.79 Å². The van der Waals surface area contributed by atoms with Gasteiger partial charge in [0.05, 0.1) is 18.3 Å². The number of hydrogen-bond acceptors (Lipinski definition) is 9. The Hall–Kier alpha value is -4.15. The normalized spacial score (nSPS) is 14.7. The summed E-state index contributed by atoms with van der Waals surface area (Å²) in [4.78, 5) is 24.6. The second-order valence-corrected chi connectivity index (χ2v) is 11.1. The minimum absolute atomic E-state index is 0.0903. The van der Waals surface area contributed by atoms with Crippen molar-refractivity contribution in [2.75, 3.05) is 0 Å². The van der Waals surface area contributed by atoms with Crippen molar-refractivity contribution in [3.8, 4) is 22.9 Å². The van der Waals surface area contributed by atoms with E-state index < -0.39 is 5.54 Å². The van der Waals surface area contributed by atoms with Gasteiger partial charge in [-0.3, -0.25) is 4.79 Å². The average molecular weight is 541 g/mol. The van der Waals surface area contributed by atoms with Crippen LogP contribution in [0.15, 0.2) is 75.2 Å². The number of carbonyl (C=O) groups excluding carboxylic acids is 1. The highest BCUT2D eigenvalue weighted by molar-refractivity contribution is 7.09. The highest BCUT2D eigenvalue weighted by Gasteiger charge is 2.34.